The molecule has 0 bridgehead atoms. The van der Waals surface area contributed by atoms with Crippen LogP contribution in [-0.4, -0.2) is 4.98 Å². The van der Waals surface area contributed by atoms with Gasteiger partial charge in [0.1, 0.15) is 0 Å². The molecule has 0 saturated heterocycles. The predicted octanol–water partition coefficient (Wildman–Crippen LogP) is 2.58. The van der Waals surface area contributed by atoms with E-state index < -0.39 is 5.95 Å². The van der Waals surface area contributed by atoms with E-state index in [1.807, 2.05) is 6.92 Å². The third-order valence-corrected chi connectivity index (χ3v) is 2.39. The van der Waals surface area contributed by atoms with Gasteiger partial charge < -0.3 is 5.73 Å². The number of aryl methyl sites for hydroxylation is 1. The zero-order chi connectivity index (χ0) is 10.9. The number of hydrogen-bond acceptors (Lipinski definition) is 2. The van der Waals surface area contributed by atoms with Crippen LogP contribution in [0.4, 0.5) is 4.39 Å². The van der Waals surface area contributed by atoms with Crippen molar-refractivity contribution in [2.24, 2.45) is 11.1 Å². The zero-order valence-corrected chi connectivity index (χ0v) is 9.13. The highest BCUT2D eigenvalue weighted by Gasteiger charge is 2.23. The minimum atomic E-state index is -0.452. The number of rotatable bonds is 1. The van der Waals surface area contributed by atoms with E-state index in [9.17, 15) is 4.39 Å². The second-order valence-corrected chi connectivity index (χ2v) is 4.71. The van der Waals surface area contributed by atoms with Gasteiger partial charge in [0.2, 0.25) is 5.95 Å². The molecule has 1 aromatic heterocycles. The maximum atomic E-state index is 12.8. The average Bonchev–Trinajstić information content (AvgIpc) is 2.01. The van der Waals surface area contributed by atoms with E-state index in [1.165, 1.54) is 12.3 Å². The molecule has 0 aromatic carbocycles. The highest BCUT2D eigenvalue weighted by Crippen LogP contribution is 2.31. The Morgan fingerprint density at radius 2 is 2.00 bits per heavy atom. The Morgan fingerprint density at radius 1 is 1.43 bits per heavy atom. The Bertz CT molecular complexity index is 329. The third-order valence-electron chi connectivity index (χ3n) is 2.39. The van der Waals surface area contributed by atoms with Crippen LogP contribution in [0.25, 0.3) is 0 Å². The molecule has 3 heteroatoms. The molecule has 1 aromatic rings. The summed E-state index contributed by atoms with van der Waals surface area (Å²) in [5, 5.41) is 0. The molecule has 0 amide bonds. The first kappa shape index (κ1) is 11.1. The summed E-state index contributed by atoms with van der Waals surface area (Å²) in [6.07, 6.45) is 1.53. The molecule has 2 N–H and O–H groups in total. The van der Waals surface area contributed by atoms with Crippen molar-refractivity contribution in [3.8, 4) is 0 Å². The van der Waals surface area contributed by atoms with Crippen LogP contribution in [0.3, 0.4) is 0 Å². The van der Waals surface area contributed by atoms with Gasteiger partial charge in [0.05, 0.1) is 0 Å². The maximum absolute atomic E-state index is 12.8. The fraction of sp³-hybridized carbons (Fsp3) is 0.545. The second kappa shape index (κ2) is 3.65. The summed E-state index contributed by atoms with van der Waals surface area (Å²) in [4.78, 5) is 3.63. The van der Waals surface area contributed by atoms with E-state index in [-0.39, 0.29) is 11.5 Å². The number of halogens is 1. The van der Waals surface area contributed by atoms with Gasteiger partial charge in [-0.3, -0.25) is 0 Å². The molecule has 0 fully saturated rings. The predicted molar refractivity (Wildman–Crippen MR) is 55.3 cm³/mol. The van der Waals surface area contributed by atoms with Crippen LogP contribution in [0.1, 0.15) is 37.9 Å². The van der Waals surface area contributed by atoms with Crippen molar-refractivity contribution in [2.75, 3.05) is 0 Å². The number of hydrogen-bond donors (Lipinski definition) is 1. The Hall–Kier alpha value is -0.960. The van der Waals surface area contributed by atoms with E-state index in [1.54, 1.807) is 0 Å². The second-order valence-electron chi connectivity index (χ2n) is 4.71. The van der Waals surface area contributed by atoms with Crippen LogP contribution in [0.5, 0.6) is 0 Å². The van der Waals surface area contributed by atoms with Crippen molar-refractivity contribution in [2.45, 2.75) is 33.7 Å². The number of pyridine rings is 1. The highest BCUT2D eigenvalue weighted by molar-refractivity contribution is 5.26. The molecule has 0 saturated carbocycles. The Balaban J connectivity index is 3.08. The molecule has 0 aliphatic carbocycles. The lowest BCUT2D eigenvalue weighted by Gasteiger charge is -2.28. The molecular weight excluding hydrogens is 179 g/mol. The van der Waals surface area contributed by atoms with E-state index in [0.29, 0.717) is 0 Å². The SMILES string of the molecule is Cc1cc(F)ncc1[C@@H](N)C(C)(C)C. The van der Waals surface area contributed by atoms with Gasteiger partial charge in [-0.1, -0.05) is 20.8 Å². The van der Waals surface area contributed by atoms with Gasteiger partial charge in [-0.05, 0) is 29.5 Å². The van der Waals surface area contributed by atoms with Crippen molar-refractivity contribution in [1.82, 2.24) is 4.98 Å². The van der Waals surface area contributed by atoms with E-state index in [0.717, 1.165) is 11.1 Å². The molecule has 2 nitrogen and oxygen atoms in total. The summed E-state index contributed by atoms with van der Waals surface area (Å²) in [6.45, 7) is 8.02. The normalized spacial score (nSPS) is 14.1. The fourth-order valence-corrected chi connectivity index (χ4v) is 1.32. The van der Waals surface area contributed by atoms with Gasteiger partial charge in [-0.15, -0.1) is 0 Å². The molecule has 1 heterocycles. The summed E-state index contributed by atoms with van der Waals surface area (Å²) in [7, 11) is 0. The minimum Gasteiger partial charge on any atom is -0.323 e. The summed E-state index contributed by atoms with van der Waals surface area (Å²) in [6, 6.07) is 1.30. The molecule has 0 aliphatic rings. The first-order valence-corrected chi connectivity index (χ1v) is 4.70. The molecule has 1 rings (SSSR count). The molecular formula is C11H17FN2. The monoisotopic (exact) mass is 196 g/mol. The van der Waals surface area contributed by atoms with Gasteiger partial charge in [-0.25, -0.2) is 4.98 Å². The molecule has 1 atom stereocenters. The van der Waals surface area contributed by atoms with Crippen LogP contribution in [0, 0.1) is 18.3 Å². The van der Waals surface area contributed by atoms with Crippen LogP contribution >= 0.6 is 0 Å². The Labute approximate surface area is 84.3 Å². The van der Waals surface area contributed by atoms with Gasteiger partial charge in [0, 0.05) is 12.2 Å². The van der Waals surface area contributed by atoms with Gasteiger partial charge in [0.15, 0.2) is 0 Å². The third kappa shape index (κ3) is 2.29. The molecule has 0 aliphatic heterocycles. The summed E-state index contributed by atoms with van der Waals surface area (Å²) < 4.78 is 12.8. The fourth-order valence-electron chi connectivity index (χ4n) is 1.32. The van der Waals surface area contributed by atoms with Crippen molar-refractivity contribution in [1.29, 1.82) is 0 Å². The standard InChI is InChI=1S/C11H17FN2/c1-7-5-9(12)14-6-8(7)10(13)11(2,3)4/h5-6,10H,13H2,1-4H3/t10-/m1/s1. The lowest BCUT2D eigenvalue weighted by molar-refractivity contribution is 0.325. The summed E-state index contributed by atoms with van der Waals surface area (Å²) >= 11 is 0. The highest BCUT2D eigenvalue weighted by atomic mass is 19.1. The molecule has 0 radical (unpaired) electrons. The van der Waals surface area contributed by atoms with Gasteiger partial charge in [-0.2, -0.15) is 4.39 Å². The number of nitrogens with zero attached hydrogens (tertiary/aromatic N) is 1. The Kier molecular flexibility index (Phi) is 2.90. The lowest BCUT2D eigenvalue weighted by atomic mass is 9.82. The quantitative estimate of drug-likeness (QED) is 0.701. The van der Waals surface area contributed by atoms with E-state index >= 15 is 0 Å². The van der Waals surface area contributed by atoms with Crippen molar-refractivity contribution in [3.63, 3.8) is 0 Å². The van der Waals surface area contributed by atoms with Crippen molar-refractivity contribution in [3.05, 3.63) is 29.3 Å². The number of aromatic nitrogens is 1. The van der Waals surface area contributed by atoms with E-state index in [4.69, 9.17) is 5.73 Å². The number of nitrogens with two attached hydrogens (primary N) is 1. The van der Waals surface area contributed by atoms with Crippen molar-refractivity contribution >= 4 is 0 Å². The smallest absolute Gasteiger partial charge is 0.213 e. The largest absolute Gasteiger partial charge is 0.323 e. The van der Waals surface area contributed by atoms with Crippen molar-refractivity contribution < 1.29 is 4.39 Å². The molecule has 78 valence electrons. The zero-order valence-electron chi connectivity index (χ0n) is 9.13. The average molecular weight is 196 g/mol. The molecule has 0 spiro atoms. The molecule has 0 unspecified atom stereocenters. The summed E-state index contributed by atoms with van der Waals surface area (Å²) in [5.41, 5.74) is 7.80. The molecule has 14 heavy (non-hydrogen) atoms. The van der Waals surface area contributed by atoms with Gasteiger partial charge >= 0.3 is 0 Å². The maximum Gasteiger partial charge on any atom is 0.213 e. The first-order chi connectivity index (χ1) is 6.32. The van der Waals surface area contributed by atoms with Gasteiger partial charge in [0.25, 0.3) is 0 Å². The van der Waals surface area contributed by atoms with E-state index in [2.05, 4.69) is 25.8 Å². The van der Waals surface area contributed by atoms with Crippen LogP contribution < -0.4 is 5.73 Å². The van der Waals surface area contributed by atoms with Crippen LogP contribution in [-0.2, 0) is 0 Å². The lowest BCUT2D eigenvalue weighted by Crippen LogP contribution is -2.27. The van der Waals surface area contributed by atoms with Crippen LogP contribution in [0.2, 0.25) is 0 Å². The topological polar surface area (TPSA) is 38.9 Å². The van der Waals surface area contributed by atoms with Crippen LogP contribution in [0.15, 0.2) is 12.3 Å². The minimum absolute atomic E-state index is 0.0374. The Morgan fingerprint density at radius 3 is 2.43 bits per heavy atom. The first-order valence-electron chi connectivity index (χ1n) is 4.70. The summed E-state index contributed by atoms with van der Waals surface area (Å²) in [5.74, 6) is -0.452.